The van der Waals surface area contributed by atoms with Crippen LogP contribution >= 0.6 is 0 Å². The zero-order valence-corrected chi connectivity index (χ0v) is 11.8. The largest absolute Gasteiger partial charge is 0.369 e. The van der Waals surface area contributed by atoms with Gasteiger partial charge in [-0.15, -0.1) is 0 Å². The molecule has 0 radical (unpaired) electrons. The van der Waals surface area contributed by atoms with Gasteiger partial charge in [0.05, 0.1) is 12.3 Å². The van der Waals surface area contributed by atoms with Crippen molar-refractivity contribution in [2.75, 3.05) is 19.7 Å². The van der Waals surface area contributed by atoms with E-state index in [0.29, 0.717) is 0 Å². The summed E-state index contributed by atoms with van der Waals surface area (Å²) >= 11 is 0. The lowest BCUT2D eigenvalue weighted by molar-refractivity contribution is -0.0349. The van der Waals surface area contributed by atoms with E-state index in [1.807, 2.05) is 24.4 Å². The molecule has 3 rings (SSSR count). The minimum Gasteiger partial charge on any atom is -0.369 e. The molecule has 0 N–H and O–H groups in total. The van der Waals surface area contributed by atoms with Gasteiger partial charge in [-0.3, -0.25) is 9.88 Å². The minimum absolute atomic E-state index is 0.0930. The number of nitrogens with zero attached hydrogens (tertiary/aromatic N) is 2. The highest BCUT2D eigenvalue weighted by atomic mass is 16.5. The van der Waals surface area contributed by atoms with Gasteiger partial charge in [0.15, 0.2) is 0 Å². The number of morpholine rings is 1. The van der Waals surface area contributed by atoms with Crippen molar-refractivity contribution < 1.29 is 4.74 Å². The van der Waals surface area contributed by atoms with E-state index >= 15 is 0 Å². The van der Waals surface area contributed by atoms with Crippen LogP contribution in [0.2, 0.25) is 0 Å². The summed E-state index contributed by atoms with van der Waals surface area (Å²) in [6.07, 6.45) is 1.92. The van der Waals surface area contributed by atoms with Gasteiger partial charge >= 0.3 is 0 Å². The number of pyridine rings is 1. The van der Waals surface area contributed by atoms with Crippen molar-refractivity contribution in [2.24, 2.45) is 0 Å². The summed E-state index contributed by atoms with van der Waals surface area (Å²) in [6.45, 7) is 5.76. The van der Waals surface area contributed by atoms with Crippen molar-refractivity contribution >= 4 is 0 Å². The number of rotatable bonds is 3. The SMILES string of the molecule is Cc1ccc(CN2CCOC(c3ccccn3)C2)cc1. The maximum Gasteiger partial charge on any atom is 0.112 e. The fraction of sp³-hybridized carbons (Fsp3) is 0.353. The molecule has 2 aromatic rings. The van der Waals surface area contributed by atoms with E-state index < -0.39 is 0 Å². The van der Waals surface area contributed by atoms with E-state index in [9.17, 15) is 0 Å². The fourth-order valence-electron chi connectivity index (χ4n) is 2.54. The summed E-state index contributed by atoms with van der Waals surface area (Å²) < 4.78 is 5.85. The number of hydrogen-bond donors (Lipinski definition) is 0. The van der Waals surface area contributed by atoms with Gasteiger partial charge in [-0.05, 0) is 24.6 Å². The summed E-state index contributed by atoms with van der Waals surface area (Å²) in [7, 11) is 0. The molecule has 3 heteroatoms. The standard InChI is InChI=1S/C17H20N2O/c1-14-5-7-15(8-6-14)12-19-10-11-20-17(13-19)16-4-2-3-9-18-16/h2-9,17H,10-13H2,1H3. The third-order valence-electron chi connectivity index (χ3n) is 3.70. The zero-order chi connectivity index (χ0) is 13.8. The van der Waals surface area contributed by atoms with Crippen LogP contribution in [0.15, 0.2) is 48.7 Å². The van der Waals surface area contributed by atoms with Gasteiger partial charge in [0.1, 0.15) is 6.10 Å². The maximum absolute atomic E-state index is 5.85. The first-order valence-electron chi connectivity index (χ1n) is 7.12. The molecule has 0 aliphatic carbocycles. The number of benzene rings is 1. The molecule has 1 aliphatic rings. The van der Waals surface area contributed by atoms with Gasteiger partial charge in [0.25, 0.3) is 0 Å². The van der Waals surface area contributed by atoms with E-state index in [1.54, 1.807) is 0 Å². The first kappa shape index (κ1) is 13.3. The van der Waals surface area contributed by atoms with Gasteiger partial charge in [-0.2, -0.15) is 0 Å². The van der Waals surface area contributed by atoms with Crippen LogP contribution in [0.4, 0.5) is 0 Å². The highest BCUT2D eigenvalue weighted by Gasteiger charge is 2.22. The van der Waals surface area contributed by atoms with Crippen molar-refractivity contribution in [3.8, 4) is 0 Å². The Balaban J connectivity index is 1.65. The molecule has 1 unspecified atom stereocenters. The molecule has 1 aliphatic heterocycles. The summed E-state index contributed by atoms with van der Waals surface area (Å²) in [5.74, 6) is 0. The van der Waals surface area contributed by atoms with Crippen LogP contribution in [0.1, 0.15) is 22.9 Å². The Bertz CT molecular complexity index is 539. The van der Waals surface area contributed by atoms with Crippen LogP contribution < -0.4 is 0 Å². The van der Waals surface area contributed by atoms with Crippen molar-refractivity contribution in [3.63, 3.8) is 0 Å². The number of hydrogen-bond acceptors (Lipinski definition) is 3. The molecule has 0 amide bonds. The molecular formula is C17H20N2O. The first-order valence-corrected chi connectivity index (χ1v) is 7.12. The summed E-state index contributed by atoms with van der Waals surface area (Å²) in [4.78, 5) is 6.84. The number of aryl methyl sites for hydroxylation is 1. The zero-order valence-electron chi connectivity index (χ0n) is 11.8. The van der Waals surface area contributed by atoms with Crippen molar-refractivity contribution in [1.29, 1.82) is 0 Å². The topological polar surface area (TPSA) is 25.4 Å². The highest BCUT2D eigenvalue weighted by molar-refractivity contribution is 5.21. The predicted molar refractivity (Wildman–Crippen MR) is 79.4 cm³/mol. The van der Waals surface area contributed by atoms with Crippen LogP contribution in [-0.4, -0.2) is 29.6 Å². The molecule has 1 saturated heterocycles. The molecule has 1 atom stereocenters. The highest BCUT2D eigenvalue weighted by Crippen LogP contribution is 2.21. The third kappa shape index (κ3) is 3.24. The normalized spacial score (nSPS) is 19.9. The van der Waals surface area contributed by atoms with Crippen molar-refractivity contribution in [3.05, 3.63) is 65.5 Å². The fourth-order valence-corrected chi connectivity index (χ4v) is 2.54. The van der Waals surface area contributed by atoms with Gasteiger partial charge in [-0.25, -0.2) is 0 Å². The summed E-state index contributed by atoms with van der Waals surface area (Å²) in [5, 5.41) is 0. The van der Waals surface area contributed by atoms with E-state index in [1.165, 1.54) is 11.1 Å². The van der Waals surface area contributed by atoms with Gasteiger partial charge in [0.2, 0.25) is 0 Å². The number of ether oxygens (including phenoxy) is 1. The van der Waals surface area contributed by atoms with Gasteiger partial charge in [0, 0.05) is 25.8 Å². The van der Waals surface area contributed by atoms with Gasteiger partial charge < -0.3 is 4.74 Å². The lowest BCUT2D eigenvalue weighted by Gasteiger charge is -2.32. The molecule has 0 spiro atoms. The van der Waals surface area contributed by atoms with Crippen LogP contribution in [0.25, 0.3) is 0 Å². The Morgan fingerprint density at radius 1 is 1.20 bits per heavy atom. The van der Waals surface area contributed by atoms with Crippen LogP contribution in [0.3, 0.4) is 0 Å². The number of aromatic nitrogens is 1. The summed E-state index contributed by atoms with van der Waals surface area (Å²) in [5.41, 5.74) is 3.69. The average molecular weight is 268 g/mol. The molecule has 1 fully saturated rings. The van der Waals surface area contributed by atoms with Gasteiger partial charge in [-0.1, -0.05) is 35.9 Å². The van der Waals surface area contributed by atoms with Crippen LogP contribution in [-0.2, 0) is 11.3 Å². The molecule has 0 bridgehead atoms. The minimum atomic E-state index is 0.0930. The predicted octanol–water partition coefficient (Wildman–Crippen LogP) is 2.96. The van der Waals surface area contributed by atoms with E-state index in [2.05, 4.69) is 41.1 Å². The smallest absolute Gasteiger partial charge is 0.112 e. The lowest BCUT2D eigenvalue weighted by atomic mass is 10.1. The Hall–Kier alpha value is -1.71. The lowest BCUT2D eigenvalue weighted by Crippen LogP contribution is -2.38. The quantitative estimate of drug-likeness (QED) is 0.855. The molecule has 3 nitrogen and oxygen atoms in total. The molecule has 0 saturated carbocycles. The molecule has 2 heterocycles. The molecule has 20 heavy (non-hydrogen) atoms. The van der Waals surface area contributed by atoms with E-state index in [-0.39, 0.29) is 6.10 Å². The third-order valence-corrected chi connectivity index (χ3v) is 3.70. The summed E-state index contributed by atoms with van der Waals surface area (Å²) in [6, 6.07) is 14.8. The maximum atomic E-state index is 5.85. The monoisotopic (exact) mass is 268 g/mol. The van der Waals surface area contributed by atoms with Crippen LogP contribution in [0.5, 0.6) is 0 Å². The Morgan fingerprint density at radius 3 is 2.80 bits per heavy atom. The molecule has 1 aromatic carbocycles. The first-order chi connectivity index (χ1) is 9.81. The molecule has 1 aromatic heterocycles. The molecule has 104 valence electrons. The molecular weight excluding hydrogens is 248 g/mol. The Labute approximate surface area is 120 Å². The second-order valence-electron chi connectivity index (χ2n) is 5.33. The van der Waals surface area contributed by atoms with Crippen LogP contribution in [0, 0.1) is 6.92 Å². The van der Waals surface area contributed by atoms with Crippen molar-refractivity contribution in [1.82, 2.24) is 9.88 Å². The Kier molecular flexibility index (Phi) is 4.09. The van der Waals surface area contributed by atoms with Crippen molar-refractivity contribution in [2.45, 2.75) is 19.6 Å². The second-order valence-corrected chi connectivity index (χ2v) is 5.33. The van der Waals surface area contributed by atoms with E-state index in [4.69, 9.17) is 4.74 Å². The Morgan fingerprint density at radius 2 is 2.05 bits per heavy atom. The second kappa shape index (κ2) is 6.16. The average Bonchev–Trinajstić information content (AvgIpc) is 2.51. The van der Waals surface area contributed by atoms with E-state index in [0.717, 1.165) is 31.9 Å².